The van der Waals surface area contributed by atoms with E-state index in [9.17, 15) is 9.32 Å². The third-order valence-electron chi connectivity index (χ3n) is 3.66. The van der Waals surface area contributed by atoms with Gasteiger partial charge in [-0.2, -0.15) is 0 Å². The summed E-state index contributed by atoms with van der Waals surface area (Å²) in [4.78, 5) is 2.82. The molecular formula is C14H19Cl2NO2S. The first kappa shape index (κ1) is 16.2. The minimum Gasteiger partial charge on any atom is -0.395 e. The molecule has 1 fully saturated rings. The molecule has 0 amide bonds. The van der Waals surface area contributed by atoms with Gasteiger partial charge in [0.25, 0.3) is 0 Å². The van der Waals surface area contributed by atoms with E-state index >= 15 is 0 Å². The molecule has 2 atom stereocenters. The van der Waals surface area contributed by atoms with Gasteiger partial charge in [-0.15, -0.1) is 0 Å². The van der Waals surface area contributed by atoms with Crippen LogP contribution in [-0.2, 0) is 10.8 Å². The predicted molar refractivity (Wildman–Crippen MR) is 84.0 cm³/mol. The Morgan fingerprint density at radius 1 is 1.35 bits per heavy atom. The van der Waals surface area contributed by atoms with Gasteiger partial charge in [-0.25, -0.2) is 0 Å². The lowest BCUT2D eigenvalue weighted by atomic mass is 10.0. The summed E-state index contributed by atoms with van der Waals surface area (Å²) < 4.78 is 12.3. The molecular weight excluding hydrogens is 317 g/mol. The van der Waals surface area contributed by atoms with E-state index in [1.807, 2.05) is 0 Å². The zero-order valence-corrected chi connectivity index (χ0v) is 13.6. The molecule has 1 aliphatic rings. The highest BCUT2D eigenvalue weighted by Crippen LogP contribution is 2.24. The Balaban J connectivity index is 1.96. The third-order valence-corrected chi connectivity index (χ3v) is 5.72. The van der Waals surface area contributed by atoms with Crippen molar-refractivity contribution in [3.8, 4) is 0 Å². The van der Waals surface area contributed by atoms with Crippen LogP contribution in [0.2, 0.25) is 10.0 Å². The van der Waals surface area contributed by atoms with Crippen LogP contribution in [0.5, 0.6) is 0 Å². The molecule has 1 aliphatic heterocycles. The zero-order valence-electron chi connectivity index (χ0n) is 11.2. The molecule has 0 saturated carbocycles. The van der Waals surface area contributed by atoms with Crippen LogP contribution in [0.15, 0.2) is 23.1 Å². The Morgan fingerprint density at radius 2 is 2.15 bits per heavy atom. The van der Waals surface area contributed by atoms with Crippen molar-refractivity contribution in [2.24, 2.45) is 0 Å². The highest BCUT2D eigenvalue weighted by atomic mass is 35.5. The first-order valence-corrected chi connectivity index (χ1v) is 8.87. The SMILES string of the molecule is O=S(CCN1CCCCC1CO)c1cc(Cl)ccc1Cl. The molecule has 2 unspecified atom stereocenters. The summed E-state index contributed by atoms with van der Waals surface area (Å²) in [5, 5.41) is 10.4. The largest absolute Gasteiger partial charge is 0.395 e. The zero-order chi connectivity index (χ0) is 14.5. The van der Waals surface area contributed by atoms with E-state index in [0.717, 1.165) is 25.8 Å². The second-order valence-corrected chi connectivity index (χ2v) is 7.38. The summed E-state index contributed by atoms with van der Waals surface area (Å²) in [7, 11) is -1.16. The maximum absolute atomic E-state index is 12.3. The summed E-state index contributed by atoms with van der Waals surface area (Å²) in [6.07, 6.45) is 3.31. The number of halogens is 2. The van der Waals surface area contributed by atoms with E-state index in [-0.39, 0.29) is 12.6 Å². The topological polar surface area (TPSA) is 40.5 Å². The number of hydrogen-bond acceptors (Lipinski definition) is 3. The minimum atomic E-state index is -1.16. The van der Waals surface area contributed by atoms with Crippen molar-refractivity contribution in [2.45, 2.75) is 30.2 Å². The number of benzene rings is 1. The van der Waals surface area contributed by atoms with Crippen molar-refractivity contribution in [1.82, 2.24) is 4.90 Å². The molecule has 0 bridgehead atoms. The Morgan fingerprint density at radius 3 is 2.90 bits per heavy atom. The van der Waals surface area contributed by atoms with Crippen molar-refractivity contribution in [2.75, 3.05) is 25.4 Å². The lowest BCUT2D eigenvalue weighted by molar-refractivity contribution is 0.0960. The average Bonchev–Trinajstić information content (AvgIpc) is 2.47. The summed E-state index contributed by atoms with van der Waals surface area (Å²) in [6, 6.07) is 5.24. The van der Waals surface area contributed by atoms with Crippen LogP contribution in [0.1, 0.15) is 19.3 Å². The van der Waals surface area contributed by atoms with E-state index in [0.29, 0.717) is 27.2 Å². The van der Waals surface area contributed by atoms with Crippen molar-refractivity contribution < 1.29 is 9.32 Å². The highest BCUT2D eigenvalue weighted by molar-refractivity contribution is 7.85. The fourth-order valence-corrected chi connectivity index (χ4v) is 4.30. The van der Waals surface area contributed by atoms with Crippen molar-refractivity contribution >= 4 is 34.0 Å². The van der Waals surface area contributed by atoms with Crippen LogP contribution in [0.25, 0.3) is 0 Å². The van der Waals surface area contributed by atoms with Crippen molar-refractivity contribution in [1.29, 1.82) is 0 Å². The molecule has 0 radical (unpaired) electrons. The van der Waals surface area contributed by atoms with E-state index in [4.69, 9.17) is 23.2 Å². The summed E-state index contributed by atoms with van der Waals surface area (Å²) in [6.45, 7) is 1.84. The molecule has 1 aromatic rings. The number of rotatable bonds is 5. The molecule has 112 valence electrons. The van der Waals surface area contributed by atoms with Gasteiger partial charge in [0.1, 0.15) is 0 Å². The number of likely N-dealkylation sites (tertiary alicyclic amines) is 1. The molecule has 0 aromatic heterocycles. The van der Waals surface area contributed by atoms with E-state index in [1.165, 1.54) is 0 Å². The smallest absolute Gasteiger partial charge is 0.0589 e. The maximum atomic E-state index is 12.3. The molecule has 0 aliphatic carbocycles. The van der Waals surface area contributed by atoms with Gasteiger partial charge in [-0.3, -0.25) is 9.11 Å². The Bertz CT molecular complexity index is 484. The quantitative estimate of drug-likeness (QED) is 0.899. The van der Waals surface area contributed by atoms with Gasteiger partial charge in [0.05, 0.1) is 27.3 Å². The van der Waals surface area contributed by atoms with E-state index in [2.05, 4.69) is 4.90 Å². The summed E-state index contributed by atoms with van der Waals surface area (Å²) in [5.74, 6) is 0.510. The van der Waals surface area contributed by atoms with E-state index < -0.39 is 10.8 Å². The van der Waals surface area contributed by atoms with Crippen molar-refractivity contribution in [3.63, 3.8) is 0 Å². The number of piperidine rings is 1. The van der Waals surface area contributed by atoms with Gasteiger partial charge in [-0.1, -0.05) is 29.6 Å². The lowest BCUT2D eigenvalue weighted by Gasteiger charge is -2.34. The first-order chi connectivity index (χ1) is 9.61. The number of nitrogens with zero attached hydrogens (tertiary/aromatic N) is 1. The van der Waals surface area contributed by atoms with Crippen LogP contribution in [0, 0.1) is 0 Å². The Kier molecular flexibility index (Phi) is 6.30. The number of aliphatic hydroxyl groups excluding tert-OH is 1. The van der Waals surface area contributed by atoms with Crippen LogP contribution in [0.3, 0.4) is 0 Å². The molecule has 1 aromatic carbocycles. The number of hydrogen-bond donors (Lipinski definition) is 1. The van der Waals surface area contributed by atoms with Crippen LogP contribution in [0.4, 0.5) is 0 Å². The van der Waals surface area contributed by atoms with E-state index in [1.54, 1.807) is 18.2 Å². The fraction of sp³-hybridized carbons (Fsp3) is 0.571. The predicted octanol–water partition coefficient (Wildman–Crippen LogP) is 2.95. The van der Waals surface area contributed by atoms with Crippen LogP contribution in [-0.4, -0.2) is 45.7 Å². The molecule has 1 N–H and O–H groups in total. The Hall–Kier alpha value is -0.130. The molecule has 1 saturated heterocycles. The summed E-state index contributed by atoms with van der Waals surface area (Å²) in [5.41, 5.74) is 0. The molecule has 3 nitrogen and oxygen atoms in total. The first-order valence-electron chi connectivity index (χ1n) is 6.80. The van der Waals surface area contributed by atoms with Gasteiger partial charge in [0, 0.05) is 23.4 Å². The van der Waals surface area contributed by atoms with Gasteiger partial charge in [0.15, 0.2) is 0 Å². The van der Waals surface area contributed by atoms with Gasteiger partial charge in [-0.05, 0) is 37.6 Å². The highest BCUT2D eigenvalue weighted by Gasteiger charge is 2.22. The average molecular weight is 336 g/mol. The third kappa shape index (κ3) is 4.18. The fourth-order valence-electron chi connectivity index (χ4n) is 2.52. The monoisotopic (exact) mass is 335 g/mol. The van der Waals surface area contributed by atoms with Crippen LogP contribution < -0.4 is 0 Å². The minimum absolute atomic E-state index is 0.171. The van der Waals surface area contributed by atoms with Gasteiger partial charge >= 0.3 is 0 Å². The van der Waals surface area contributed by atoms with Gasteiger partial charge < -0.3 is 5.11 Å². The molecule has 6 heteroatoms. The standard InChI is InChI=1S/C14H19Cl2NO2S/c15-11-4-5-13(16)14(9-11)20(19)8-7-17-6-2-1-3-12(17)10-18/h4-5,9,12,18H,1-3,6-8,10H2. The maximum Gasteiger partial charge on any atom is 0.0589 e. The second-order valence-electron chi connectivity index (χ2n) is 4.99. The molecule has 0 spiro atoms. The Labute approximate surface area is 132 Å². The summed E-state index contributed by atoms with van der Waals surface area (Å²) >= 11 is 12.0. The second kappa shape index (κ2) is 7.76. The van der Waals surface area contributed by atoms with Crippen molar-refractivity contribution in [3.05, 3.63) is 28.2 Å². The van der Waals surface area contributed by atoms with Crippen LogP contribution >= 0.6 is 23.2 Å². The molecule has 1 heterocycles. The van der Waals surface area contributed by atoms with Gasteiger partial charge in [0.2, 0.25) is 0 Å². The lowest BCUT2D eigenvalue weighted by Crippen LogP contribution is -2.43. The molecule has 20 heavy (non-hydrogen) atoms. The number of aliphatic hydroxyl groups is 1. The molecule has 2 rings (SSSR count). The normalized spacial score (nSPS) is 21.9.